The van der Waals surface area contributed by atoms with E-state index in [2.05, 4.69) is 15.6 Å². The first kappa shape index (κ1) is 19.5. The summed E-state index contributed by atoms with van der Waals surface area (Å²) in [5.74, 6) is -0.109. The molecule has 0 fully saturated rings. The van der Waals surface area contributed by atoms with Crippen LogP contribution in [0, 0.1) is 0 Å². The van der Waals surface area contributed by atoms with Crippen LogP contribution in [-0.4, -0.2) is 11.0 Å². The molecule has 0 radical (unpaired) electrons. The molecule has 1 heterocycles. The molecule has 9 heteroatoms. The lowest BCUT2D eigenvalue weighted by Gasteiger charge is -2.13. The number of ether oxygens (including phenoxy) is 1. The number of aromatic nitrogens is 1. The smallest absolute Gasteiger partial charge is 0.416 e. The van der Waals surface area contributed by atoms with Crippen LogP contribution in [0.15, 0.2) is 66.9 Å². The Bertz CT molecular complexity index is 979. The lowest BCUT2D eigenvalue weighted by molar-refractivity contribution is -0.137. The highest BCUT2D eigenvalue weighted by Crippen LogP contribution is 2.33. The maximum absolute atomic E-state index is 12.8. The van der Waals surface area contributed by atoms with Crippen molar-refractivity contribution in [2.45, 2.75) is 6.18 Å². The summed E-state index contributed by atoms with van der Waals surface area (Å²) in [5, 5.41) is 5.67. The third-order valence-electron chi connectivity index (χ3n) is 3.50. The molecule has 2 amide bonds. The molecule has 144 valence electrons. The summed E-state index contributed by atoms with van der Waals surface area (Å²) >= 11 is 5.79. The molecule has 0 atom stereocenters. The number of urea groups is 1. The van der Waals surface area contributed by atoms with Crippen LogP contribution < -0.4 is 15.4 Å². The van der Waals surface area contributed by atoms with Gasteiger partial charge in [-0.15, -0.1) is 0 Å². The van der Waals surface area contributed by atoms with Crippen LogP contribution in [0.3, 0.4) is 0 Å². The number of carbonyl (C=O) groups is 1. The number of pyridine rings is 1. The van der Waals surface area contributed by atoms with Gasteiger partial charge in [0.1, 0.15) is 11.4 Å². The van der Waals surface area contributed by atoms with Gasteiger partial charge in [0.05, 0.1) is 5.56 Å². The predicted molar refractivity (Wildman–Crippen MR) is 99.8 cm³/mol. The number of amides is 2. The van der Waals surface area contributed by atoms with Crippen molar-refractivity contribution in [2.75, 3.05) is 10.6 Å². The van der Waals surface area contributed by atoms with Crippen LogP contribution in [-0.2, 0) is 6.18 Å². The molecule has 2 aromatic carbocycles. The van der Waals surface area contributed by atoms with Crippen molar-refractivity contribution >= 4 is 29.0 Å². The number of carbonyl (C=O) groups excluding carboxylic acids is 1. The van der Waals surface area contributed by atoms with Gasteiger partial charge in [-0.05, 0) is 54.6 Å². The van der Waals surface area contributed by atoms with Crippen LogP contribution in [0.25, 0.3) is 0 Å². The number of alkyl halides is 3. The van der Waals surface area contributed by atoms with E-state index in [9.17, 15) is 18.0 Å². The molecule has 0 aliphatic carbocycles. The number of benzene rings is 2. The van der Waals surface area contributed by atoms with E-state index in [1.807, 2.05) is 0 Å². The van der Waals surface area contributed by atoms with E-state index in [4.69, 9.17) is 16.3 Å². The Morgan fingerprint density at radius 3 is 2.46 bits per heavy atom. The van der Waals surface area contributed by atoms with E-state index in [0.29, 0.717) is 10.7 Å². The fourth-order valence-electron chi connectivity index (χ4n) is 2.23. The van der Waals surface area contributed by atoms with Crippen molar-refractivity contribution in [1.29, 1.82) is 0 Å². The summed E-state index contributed by atoms with van der Waals surface area (Å²) in [4.78, 5) is 16.1. The Balaban J connectivity index is 1.74. The molecule has 0 saturated carbocycles. The van der Waals surface area contributed by atoms with Crippen molar-refractivity contribution in [1.82, 2.24) is 4.98 Å². The van der Waals surface area contributed by atoms with Gasteiger partial charge >= 0.3 is 12.2 Å². The Hall–Kier alpha value is -3.26. The molecule has 3 aromatic rings. The second kappa shape index (κ2) is 8.18. The van der Waals surface area contributed by atoms with Gasteiger partial charge in [-0.1, -0.05) is 17.7 Å². The summed E-state index contributed by atoms with van der Waals surface area (Å²) in [6, 6.07) is 13.3. The number of nitrogens with one attached hydrogen (secondary N) is 2. The average Bonchev–Trinajstić information content (AvgIpc) is 2.65. The van der Waals surface area contributed by atoms with Gasteiger partial charge in [0.2, 0.25) is 5.88 Å². The summed E-state index contributed by atoms with van der Waals surface area (Å²) in [6.07, 6.45) is -3.10. The second-order valence-corrected chi connectivity index (χ2v) is 6.01. The SMILES string of the molecule is O=C(Nc1ccc(Cl)cc1)Nc1cccnc1Oc1cccc(C(F)(F)F)c1. The summed E-state index contributed by atoms with van der Waals surface area (Å²) in [7, 11) is 0. The zero-order valence-corrected chi connectivity index (χ0v) is 14.9. The van der Waals surface area contributed by atoms with Crippen molar-refractivity contribution < 1.29 is 22.7 Å². The van der Waals surface area contributed by atoms with E-state index in [1.54, 1.807) is 30.3 Å². The Labute approximate surface area is 163 Å². The first-order valence-electron chi connectivity index (χ1n) is 7.95. The molecule has 0 aliphatic heterocycles. The number of hydrogen-bond donors (Lipinski definition) is 2. The summed E-state index contributed by atoms with van der Waals surface area (Å²) in [5.41, 5.74) is -0.159. The van der Waals surface area contributed by atoms with E-state index >= 15 is 0 Å². The van der Waals surface area contributed by atoms with Crippen LogP contribution in [0.1, 0.15) is 5.56 Å². The lowest BCUT2D eigenvalue weighted by atomic mass is 10.2. The normalized spacial score (nSPS) is 11.0. The average molecular weight is 408 g/mol. The highest BCUT2D eigenvalue weighted by molar-refractivity contribution is 6.30. The number of rotatable bonds is 4. The second-order valence-electron chi connectivity index (χ2n) is 5.57. The largest absolute Gasteiger partial charge is 0.437 e. The van der Waals surface area contributed by atoms with Gasteiger partial charge in [0, 0.05) is 16.9 Å². The van der Waals surface area contributed by atoms with E-state index in [-0.39, 0.29) is 17.3 Å². The molecule has 2 N–H and O–H groups in total. The van der Waals surface area contributed by atoms with Gasteiger partial charge in [-0.3, -0.25) is 0 Å². The minimum atomic E-state index is -4.50. The highest BCUT2D eigenvalue weighted by Gasteiger charge is 2.30. The third kappa shape index (κ3) is 5.14. The van der Waals surface area contributed by atoms with Crippen LogP contribution in [0.4, 0.5) is 29.3 Å². The minimum Gasteiger partial charge on any atom is -0.437 e. The number of nitrogens with zero attached hydrogens (tertiary/aromatic N) is 1. The topological polar surface area (TPSA) is 63.2 Å². The zero-order chi connectivity index (χ0) is 20.1. The Kier molecular flexibility index (Phi) is 5.70. The monoisotopic (exact) mass is 407 g/mol. The molecule has 3 rings (SSSR count). The van der Waals surface area contributed by atoms with Gasteiger partial charge in [-0.2, -0.15) is 13.2 Å². The maximum atomic E-state index is 12.8. The van der Waals surface area contributed by atoms with Gasteiger partial charge in [0.25, 0.3) is 0 Å². The van der Waals surface area contributed by atoms with Gasteiger partial charge < -0.3 is 15.4 Å². The third-order valence-corrected chi connectivity index (χ3v) is 3.75. The Morgan fingerprint density at radius 1 is 1.00 bits per heavy atom. The first-order valence-corrected chi connectivity index (χ1v) is 8.33. The van der Waals surface area contributed by atoms with E-state index in [0.717, 1.165) is 12.1 Å². The molecule has 0 spiro atoms. The van der Waals surface area contributed by atoms with E-state index < -0.39 is 17.8 Å². The van der Waals surface area contributed by atoms with Gasteiger partial charge in [0.15, 0.2) is 0 Å². The predicted octanol–water partition coefficient (Wildman–Crippen LogP) is 6.19. The molecular formula is C19H13ClF3N3O2. The fraction of sp³-hybridized carbons (Fsp3) is 0.0526. The molecular weight excluding hydrogens is 395 g/mol. The number of hydrogen-bond acceptors (Lipinski definition) is 3. The summed E-state index contributed by atoms with van der Waals surface area (Å²) < 4.78 is 44.0. The van der Waals surface area contributed by atoms with Gasteiger partial charge in [-0.25, -0.2) is 9.78 Å². The quantitative estimate of drug-likeness (QED) is 0.542. The van der Waals surface area contributed by atoms with Crippen molar-refractivity contribution in [3.05, 3.63) is 77.4 Å². The van der Waals surface area contributed by atoms with Crippen molar-refractivity contribution in [3.63, 3.8) is 0 Å². The number of anilines is 2. The van der Waals surface area contributed by atoms with Crippen molar-refractivity contribution in [3.8, 4) is 11.6 Å². The molecule has 0 saturated heterocycles. The first-order chi connectivity index (χ1) is 13.3. The molecule has 28 heavy (non-hydrogen) atoms. The fourth-order valence-corrected chi connectivity index (χ4v) is 2.36. The minimum absolute atomic E-state index is 0.0481. The van der Waals surface area contributed by atoms with E-state index in [1.165, 1.54) is 24.4 Å². The molecule has 0 aliphatic rings. The van der Waals surface area contributed by atoms with Crippen LogP contribution in [0.2, 0.25) is 5.02 Å². The lowest BCUT2D eigenvalue weighted by Crippen LogP contribution is -2.19. The Morgan fingerprint density at radius 2 is 1.75 bits per heavy atom. The zero-order valence-electron chi connectivity index (χ0n) is 14.1. The van der Waals surface area contributed by atoms with Crippen molar-refractivity contribution in [2.24, 2.45) is 0 Å². The van der Waals surface area contributed by atoms with Crippen LogP contribution >= 0.6 is 11.6 Å². The molecule has 1 aromatic heterocycles. The highest BCUT2D eigenvalue weighted by atomic mass is 35.5. The maximum Gasteiger partial charge on any atom is 0.416 e. The summed E-state index contributed by atoms with van der Waals surface area (Å²) in [6.45, 7) is 0. The van der Waals surface area contributed by atoms with Crippen LogP contribution in [0.5, 0.6) is 11.6 Å². The number of halogens is 4. The standard InChI is InChI=1S/C19H13ClF3N3O2/c20-13-6-8-14(9-7-13)25-18(27)26-16-5-2-10-24-17(16)28-15-4-1-3-12(11-15)19(21,22)23/h1-11H,(H2,25,26,27). The molecule has 5 nitrogen and oxygen atoms in total. The molecule has 0 bridgehead atoms. The molecule has 0 unspecified atom stereocenters.